The Balaban J connectivity index is 1.64. The summed E-state index contributed by atoms with van der Waals surface area (Å²) in [6, 6.07) is 14.1. The van der Waals surface area contributed by atoms with Gasteiger partial charge in [0.2, 0.25) is 0 Å². The molecule has 5 heteroatoms. The predicted molar refractivity (Wildman–Crippen MR) is 93.2 cm³/mol. The van der Waals surface area contributed by atoms with Crippen LogP contribution < -0.4 is 0 Å². The minimum absolute atomic E-state index is 0.0959. The first kappa shape index (κ1) is 14.5. The number of aromatic amines is 1. The molecule has 4 nitrogen and oxygen atoms in total. The largest absolute Gasteiger partial charge is 0.332 e. The van der Waals surface area contributed by atoms with Crippen LogP contribution in [0.25, 0.3) is 10.9 Å². The van der Waals surface area contributed by atoms with Crippen molar-refractivity contribution in [2.45, 2.75) is 18.9 Å². The van der Waals surface area contributed by atoms with Gasteiger partial charge >= 0.3 is 0 Å². The van der Waals surface area contributed by atoms with Gasteiger partial charge in [0.25, 0.3) is 5.91 Å². The Kier molecular flexibility index (Phi) is 3.65. The molecule has 0 unspecified atom stereocenters. The highest BCUT2D eigenvalue weighted by molar-refractivity contribution is 9.10. The maximum absolute atomic E-state index is 12.9. The van der Waals surface area contributed by atoms with Gasteiger partial charge in [-0.2, -0.15) is 5.10 Å². The Morgan fingerprint density at radius 1 is 1.22 bits per heavy atom. The molecule has 116 valence electrons. The van der Waals surface area contributed by atoms with Crippen molar-refractivity contribution in [3.05, 3.63) is 64.3 Å². The number of H-pyrrole nitrogens is 1. The summed E-state index contributed by atoms with van der Waals surface area (Å²) in [5.41, 5.74) is 2.87. The third-order valence-corrected chi connectivity index (χ3v) is 4.98. The molecule has 1 N–H and O–H groups in total. The average molecular weight is 370 g/mol. The van der Waals surface area contributed by atoms with Crippen LogP contribution in [-0.2, 0) is 0 Å². The predicted octanol–water partition coefficient (Wildman–Crippen LogP) is 4.30. The van der Waals surface area contributed by atoms with Gasteiger partial charge in [-0.05, 0) is 48.7 Å². The first-order chi connectivity index (χ1) is 11.2. The zero-order valence-corrected chi connectivity index (χ0v) is 14.1. The van der Waals surface area contributed by atoms with Gasteiger partial charge in [-0.1, -0.05) is 28.1 Å². The van der Waals surface area contributed by atoms with E-state index in [9.17, 15) is 4.79 Å². The van der Waals surface area contributed by atoms with E-state index in [4.69, 9.17) is 0 Å². The van der Waals surface area contributed by atoms with Crippen molar-refractivity contribution in [1.82, 2.24) is 15.1 Å². The molecule has 1 atom stereocenters. The summed E-state index contributed by atoms with van der Waals surface area (Å²) >= 11 is 3.46. The molecule has 0 bridgehead atoms. The topological polar surface area (TPSA) is 49.0 Å². The number of likely N-dealkylation sites (tertiary alicyclic amines) is 1. The first-order valence-electron chi connectivity index (χ1n) is 7.72. The first-order valence-corrected chi connectivity index (χ1v) is 8.51. The van der Waals surface area contributed by atoms with Crippen LogP contribution in [0, 0.1) is 0 Å². The van der Waals surface area contributed by atoms with Crippen LogP contribution in [0.5, 0.6) is 0 Å². The molecule has 1 amide bonds. The van der Waals surface area contributed by atoms with Gasteiger partial charge in [0.15, 0.2) is 0 Å². The summed E-state index contributed by atoms with van der Waals surface area (Å²) < 4.78 is 1.06. The summed E-state index contributed by atoms with van der Waals surface area (Å²) in [5, 5.41) is 7.90. The average Bonchev–Trinajstić information content (AvgIpc) is 3.23. The third kappa shape index (κ3) is 2.65. The molecule has 23 heavy (non-hydrogen) atoms. The van der Waals surface area contributed by atoms with Crippen molar-refractivity contribution in [3.63, 3.8) is 0 Å². The van der Waals surface area contributed by atoms with E-state index in [1.54, 1.807) is 6.20 Å². The number of nitrogens with one attached hydrogen (secondary N) is 1. The van der Waals surface area contributed by atoms with E-state index in [0.717, 1.165) is 40.3 Å². The molecule has 1 aliphatic heterocycles. The lowest BCUT2D eigenvalue weighted by Gasteiger charge is -2.25. The number of hydrogen-bond donors (Lipinski definition) is 1. The number of fused-ring (bicyclic) bond motifs is 1. The van der Waals surface area contributed by atoms with Gasteiger partial charge in [0, 0.05) is 22.0 Å². The lowest BCUT2D eigenvalue weighted by Crippen LogP contribution is -2.30. The van der Waals surface area contributed by atoms with Crippen LogP contribution in [0.2, 0.25) is 0 Å². The fourth-order valence-electron chi connectivity index (χ4n) is 3.28. The SMILES string of the molecule is O=C(c1ccc2[nH]ncc2c1)N1CCC[C@H]1c1ccc(Br)cc1. The van der Waals surface area contributed by atoms with Crippen LogP contribution >= 0.6 is 15.9 Å². The number of aromatic nitrogens is 2. The quantitative estimate of drug-likeness (QED) is 0.731. The van der Waals surface area contributed by atoms with Crippen molar-refractivity contribution in [1.29, 1.82) is 0 Å². The highest BCUT2D eigenvalue weighted by atomic mass is 79.9. The zero-order valence-electron chi connectivity index (χ0n) is 12.5. The van der Waals surface area contributed by atoms with Gasteiger partial charge in [-0.25, -0.2) is 0 Å². The number of amides is 1. The summed E-state index contributed by atoms with van der Waals surface area (Å²) in [5.74, 6) is 0.0959. The maximum atomic E-state index is 12.9. The molecular weight excluding hydrogens is 354 g/mol. The Labute approximate surface area is 142 Å². The molecule has 0 saturated carbocycles. The molecule has 2 heterocycles. The lowest BCUT2D eigenvalue weighted by atomic mass is 10.0. The fraction of sp³-hybridized carbons (Fsp3) is 0.222. The molecular formula is C18H16BrN3O. The molecule has 1 fully saturated rings. The van der Waals surface area contributed by atoms with Crippen LogP contribution in [0.1, 0.15) is 34.8 Å². The van der Waals surface area contributed by atoms with E-state index in [2.05, 4.69) is 38.3 Å². The second kappa shape index (κ2) is 5.81. The molecule has 0 radical (unpaired) electrons. The number of halogens is 1. The van der Waals surface area contributed by atoms with E-state index in [0.29, 0.717) is 0 Å². The Morgan fingerprint density at radius 2 is 2.04 bits per heavy atom. The van der Waals surface area contributed by atoms with Crippen molar-refractivity contribution in [2.24, 2.45) is 0 Å². The molecule has 2 aromatic carbocycles. The number of rotatable bonds is 2. The number of benzene rings is 2. The molecule has 1 aliphatic rings. The number of hydrogen-bond acceptors (Lipinski definition) is 2. The second-order valence-corrected chi connectivity index (χ2v) is 6.80. The van der Waals surface area contributed by atoms with Crippen molar-refractivity contribution >= 4 is 32.7 Å². The fourth-order valence-corrected chi connectivity index (χ4v) is 3.55. The Morgan fingerprint density at radius 3 is 2.87 bits per heavy atom. The summed E-state index contributed by atoms with van der Waals surface area (Å²) in [4.78, 5) is 14.9. The van der Waals surface area contributed by atoms with Gasteiger partial charge in [-0.15, -0.1) is 0 Å². The van der Waals surface area contributed by atoms with Gasteiger partial charge in [-0.3, -0.25) is 9.89 Å². The zero-order chi connectivity index (χ0) is 15.8. The monoisotopic (exact) mass is 369 g/mol. The standard InChI is InChI=1S/C18H16BrN3O/c19-15-6-3-12(4-7-15)17-2-1-9-22(17)18(23)13-5-8-16-14(10-13)11-20-21-16/h3-8,10-11,17H,1-2,9H2,(H,20,21)/t17-/m0/s1. The second-order valence-electron chi connectivity index (χ2n) is 5.88. The van der Waals surface area contributed by atoms with Crippen LogP contribution in [0.3, 0.4) is 0 Å². The molecule has 0 spiro atoms. The molecule has 0 aliphatic carbocycles. The highest BCUT2D eigenvalue weighted by Crippen LogP contribution is 2.34. The van der Waals surface area contributed by atoms with E-state index in [-0.39, 0.29) is 11.9 Å². The van der Waals surface area contributed by atoms with E-state index >= 15 is 0 Å². The number of carbonyl (C=O) groups excluding carboxylic acids is 1. The third-order valence-electron chi connectivity index (χ3n) is 4.46. The lowest BCUT2D eigenvalue weighted by molar-refractivity contribution is 0.0736. The van der Waals surface area contributed by atoms with Crippen molar-refractivity contribution < 1.29 is 4.79 Å². The minimum Gasteiger partial charge on any atom is -0.332 e. The summed E-state index contributed by atoms with van der Waals surface area (Å²) in [6.45, 7) is 0.809. The van der Waals surface area contributed by atoms with Crippen molar-refractivity contribution in [2.75, 3.05) is 6.54 Å². The van der Waals surface area contributed by atoms with Crippen molar-refractivity contribution in [3.8, 4) is 0 Å². The Bertz CT molecular complexity index is 856. The van der Waals surface area contributed by atoms with Gasteiger partial charge in [0.1, 0.15) is 0 Å². The van der Waals surface area contributed by atoms with E-state index in [1.807, 2.05) is 35.2 Å². The molecule has 3 aromatic rings. The van der Waals surface area contributed by atoms with Crippen LogP contribution in [0.15, 0.2) is 53.1 Å². The maximum Gasteiger partial charge on any atom is 0.254 e. The van der Waals surface area contributed by atoms with Crippen LogP contribution in [-0.4, -0.2) is 27.5 Å². The van der Waals surface area contributed by atoms with E-state index in [1.165, 1.54) is 5.56 Å². The minimum atomic E-state index is 0.0959. The molecule has 4 rings (SSSR count). The molecule has 1 aromatic heterocycles. The van der Waals surface area contributed by atoms with Gasteiger partial charge < -0.3 is 4.90 Å². The van der Waals surface area contributed by atoms with Crippen LogP contribution in [0.4, 0.5) is 0 Å². The smallest absolute Gasteiger partial charge is 0.254 e. The normalized spacial score (nSPS) is 17.8. The van der Waals surface area contributed by atoms with E-state index < -0.39 is 0 Å². The number of carbonyl (C=O) groups is 1. The highest BCUT2D eigenvalue weighted by Gasteiger charge is 2.30. The van der Waals surface area contributed by atoms with Gasteiger partial charge in [0.05, 0.1) is 17.8 Å². The Hall–Kier alpha value is -2.14. The molecule has 1 saturated heterocycles. The summed E-state index contributed by atoms with van der Waals surface area (Å²) in [7, 11) is 0. The summed E-state index contributed by atoms with van der Waals surface area (Å²) in [6.07, 6.45) is 3.81. The number of nitrogens with zero attached hydrogens (tertiary/aromatic N) is 2.